The molecule has 0 saturated heterocycles. The Morgan fingerprint density at radius 1 is 1.27 bits per heavy atom. The Kier molecular flexibility index (Phi) is 5.68. The average molecular weight is 324 g/mol. The van der Waals surface area contributed by atoms with Crippen molar-refractivity contribution in [2.45, 2.75) is 37.9 Å². The van der Waals surface area contributed by atoms with E-state index in [4.69, 9.17) is 0 Å². The minimum atomic E-state index is -3.48. The lowest BCUT2D eigenvalue weighted by Crippen LogP contribution is -2.26. The first-order valence-corrected chi connectivity index (χ1v) is 9.00. The number of benzene rings is 1. The van der Waals surface area contributed by atoms with Crippen molar-refractivity contribution < 1.29 is 13.3 Å². The minimum absolute atomic E-state index is 0.0972. The maximum atomic E-state index is 12.0. The summed E-state index contributed by atoms with van der Waals surface area (Å²) >= 11 is 0. The monoisotopic (exact) mass is 324 g/mol. The highest BCUT2D eigenvalue weighted by molar-refractivity contribution is 7.88. The van der Waals surface area contributed by atoms with Crippen LogP contribution in [0.2, 0.25) is 0 Å². The second kappa shape index (κ2) is 7.51. The van der Waals surface area contributed by atoms with Crippen molar-refractivity contribution in [2.24, 2.45) is 0 Å². The van der Waals surface area contributed by atoms with Crippen molar-refractivity contribution in [3.63, 3.8) is 0 Å². The van der Waals surface area contributed by atoms with Crippen molar-refractivity contribution in [3.05, 3.63) is 51.6 Å². The van der Waals surface area contributed by atoms with Gasteiger partial charge in [-0.2, -0.15) is 0 Å². The van der Waals surface area contributed by atoms with E-state index in [2.05, 4.69) is 10.8 Å². The van der Waals surface area contributed by atoms with Gasteiger partial charge in [0.1, 0.15) is 0 Å². The van der Waals surface area contributed by atoms with Crippen molar-refractivity contribution in [3.8, 4) is 0 Å². The van der Waals surface area contributed by atoms with Gasteiger partial charge in [0.2, 0.25) is 10.0 Å². The Morgan fingerprint density at radius 3 is 2.77 bits per heavy atom. The van der Waals surface area contributed by atoms with Gasteiger partial charge in [-0.25, -0.2) is 13.1 Å². The lowest BCUT2D eigenvalue weighted by Gasteiger charge is -2.13. The van der Waals surface area contributed by atoms with Crippen LogP contribution in [0.1, 0.15) is 37.7 Å². The van der Waals surface area contributed by atoms with Gasteiger partial charge in [-0.3, -0.25) is 10.1 Å². The molecule has 0 spiro atoms. The Balaban J connectivity index is 1.89. The molecule has 120 valence electrons. The van der Waals surface area contributed by atoms with Crippen LogP contribution in [0.4, 0.5) is 5.69 Å². The van der Waals surface area contributed by atoms with Crippen molar-refractivity contribution in [1.29, 1.82) is 0 Å². The van der Waals surface area contributed by atoms with Gasteiger partial charge in [-0.05, 0) is 37.7 Å². The van der Waals surface area contributed by atoms with Crippen LogP contribution in [0.3, 0.4) is 0 Å². The van der Waals surface area contributed by atoms with Crippen molar-refractivity contribution in [1.82, 2.24) is 4.72 Å². The Hall–Kier alpha value is -1.73. The number of nitro groups is 1. The van der Waals surface area contributed by atoms with Gasteiger partial charge in [-0.1, -0.05) is 23.8 Å². The van der Waals surface area contributed by atoms with Crippen LogP contribution in [-0.4, -0.2) is 19.9 Å². The van der Waals surface area contributed by atoms with E-state index in [-0.39, 0.29) is 11.4 Å². The second-order valence-corrected chi connectivity index (χ2v) is 7.25. The summed E-state index contributed by atoms with van der Waals surface area (Å²) < 4.78 is 26.6. The number of hydrogen-bond donors (Lipinski definition) is 1. The first-order chi connectivity index (χ1) is 10.5. The molecule has 0 aromatic heterocycles. The summed E-state index contributed by atoms with van der Waals surface area (Å²) in [6.07, 6.45) is 7.43. The molecule has 6 nitrogen and oxygen atoms in total. The highest BCUT2D eigenvalue weighted by Gasteiger charge is 2.14. The molecule has 2 rings (SSSR count). The fourth-order valence-corrected chi connectivity index (χ4v) is 3.66. The molecule has 1 aliphatic carbocycles. The molecule has 0 saturated carbocycles. The second-order valence-electron chi connectivity index (χ2n) is 5.44. The summed E-state index contributed by atoms with van der Waals surface area (Å²) in [5, 5.41) is 10.7. The number of hydrogen-bond acceptors (Lipinski definition) is 4. The zero-order valence-electron chi connectivity index (χ0n) is 12.3. The molecule has 0 heterocycles. The van der Waals surface area contributed by atoms with E-state index in [1.54, 1.807) is 6.07 Å². The fourth-order valence-electron chi connectivity index (χ4n) is 2.53. The third-order valence-corrected chi connectivity index (χ3v) is 4.99. The summed E-state index contributed by atoms with van der Waals surface area (Å²) in [5.74, 6) is -0.242. The minimum Gasteiger partial charge on any atom is -0.258 e. The molecule has 0 atom stereocenters. The molecule has 0 amide bonds. The summed E-state index contributed by atoms with van der Waals surface area (Å²) in [4.78, 5) is 10.2. The normalized spacial score (nSPS) is 15.4. The maximum absolute atomic E-state index is 12.0. The highest BCUT2D eigenvalue weighted by Crippen LogP contribution is 2.19. The average Bonchev–Trinajstić information content (AvgIpc) is 2.48. The third kappa shape index (κ3) is 5.23. The summed E-state index contributed by atoms with van der Waals surface area (Å²) in [6, 6.07) is 5.72. The number of allylic oxidation sites excluding steroid dienone is 1. The molecule has 1 aliphatic rings. The molecule has 22 heavy (non-hydrogen) atoms. The van der Waals surface area contributed by atoms with Crippen LogP contribution in [0.5, 0.6) is 0 Å². The van der Waals surface area contributed by atoms with Gasteiger partial charge in [0, 0.05) is 18.7 Å². The Morgan fingerprint density at radius 2 is 2.09 bits per heavy atom. The molecular weight excluding hydrogens is 304 g/mol. The standard InChI is InChI=1S/C15H20N2O4S/c18-17(19)15-8-4-7-14(11-15)12-22(20,21)16-10-9-13-5-2-1-3-6-13/h4-5,7-8,11,16H,1-3,6,9-10,12H2. The van der Waals surface area contributed by atoms with Crippen LogP contribution in [0.15, 0.2) is 35.9 Å². The Labute approximate surface area is 130 Å². The van der Waals surface area contributed by atoms with Crippen LogP contribution < -0.4 is 4.72 Å². The molecule has 0 bridgehead atoms. The van der Waals surface area contributed by atoms with Gasteiger partial charge >= 0.3 is 0 Å². The van der Waals surface area contributed by atoms with Crippen molar-refractivity contribution in [2.75, 3.05) is 6.54 Å². The predicted octanol–water partition coefficient (Wildman–Crippen LogP) is 2.90. The number of nitro benzene ring substituents is 1. The lowest BCUT2D eigenvalue weighted by molar-refractivity contribution is -0.384. The number of rotatable bonds is 7. The van der Waals surface area contributed by atoms with Gasteiger partial charge in [0.05, 0.1) is 10.7 Å². The third-order valence-electron chi connectivity index (χ3n) is 3.63. The summed E-state index contributed by atoms with van der Waals surface area (Å²) in [7, 11) is -3.48. The van der Waals surface area contributed by atoms with Crippen LogP contribution in [-0.2, 0) is 15.8 Å². The van der Waals surface area contributed by atoms with Crippen LogP contribution in [0, 0.1) is 10.1 Å². The summed E-state index contributed by atoms with van der Waals surface area (Å²) in [5.41, 5.74) is 1.63. The molecular formula is C15H20N2O4S. The Bertz CT molecular complexity index is 668. The molecule has 7 heteroatoms. The van der Waals surface area contributed by atoms with Crippen molar-refractivity contribution >= 4 is 15.7 Å². The number of non-ortho nitro benzene ring substituents is 1. The fraction of sp³-hybridized carbons (Fsp3) is 0.467. The molecule has 1 aromatic carbocycles. The van der Waals surface area contributed by atoms with E-state index >= 15 is 0 Å². The molecule has 0 unspecified atom stereocenters. The predicted molar refractivity (Wildman–Crippen MR) is 84.9 cm³/mol. The van der Waals surface area contributed by atoms with Gasteiger partial charge in [0.15, 0.2) is 0 Å². The molecule has 0 radical (unpaired) electrons. The largest absolute Gasteiger partial charge is 0.269 e. The van der Waals surface area contributed by atoms with E-state index in [0.717, 1.165) is 19.3 Å². The van der Waals surface area contributed by atoms with E-state index in [9.17, 15) is 18.5 Å². The topological polar surface area (TPSA) is 89.3 Å². The molecule has 1 N–H and O–H groups in total. The number of sulfonamides is 1. The molecule has 0 aliphatic heterocycles. The quantitative estimate of drug-likeness (QED) is 0.474. The SMILES string of the molecule is O=[N+]([O-])c1cccc(CS(=O)(=O)NCCC2=CCCCC2)c1. The first-order valence-electron chi connectivity index (χ1n) is 7.35. The first kappa shape index (κ1) is 16.6. The smallest absolute Gasteiger partial charge is 0.258 e. The zero-order chi connectivity index (χ0) is 16.0. The van der Waals surface area contributed by atoms with E-state index in [0.29, 0.717) is 12.1 Å². The number of nitrogens with one attached hydrogen (secondary N) is 1. The summed E-state index contributed by atoms with van der Waals surface area (Å²) in [6.45, 7) is 0.378. The van der Waals surface area contributed by atoms with E-state index in [1.807, 2.05) is 0 Å². The van der Waals surface area contributed by atoms with Crippen LogP contribution in [0.25, 0.3) is 0 Å². The van der Waals surface area contributed by atoms with Gasteiger partial charge in [-0.15, -0.1) is 0 Å². The van der Waals surface area contributed by atoms with E-state index in [1.165, 1.54) is 36.6 Å². The van der Waals surface area contributed by atoms with E-state index < -0.39 is 14.9 Å². The lowest BCUT2D eigenvalue weighted by atomic mass is 9.97. The molecule has 1 aromatic rings. The van der Waals surface area contributed by atoms with Crippen LogP contribution >= 0.6 is 0 Å². The molecule has 0 fully saturated rings. The van der Waals surface area contributed by atoms with Gasteiger partial charge < -0.3 is 0 Å². The van der Waals surface area contributed by atoms with Gasteiger partial charge in [0.25, 0.3) is 5.69 Å². The number of nitrogens with zero attached hydrogens (tertiary/aromatic N) is 1. The maximum Gasteiger partial charge on any atom is 0.269 e. The zero-order valence-corrected chi connectivity index (χ0v) is 13.1. The highest BCUT2D eigenvalue weighted by atomic mass is 32.2.